The Bertz CT molecular complexity index is 3650. The van der Waals surface area contributed by atoms with Gasteiger partial charge in [-0.15, -0.1) is 0 Å². The minimum atomic E-state index is 1.08. The third-order valence-electron chi connectivity index (χ3n) is 13.0. The van der Waals surface area contributed by atoms with E-state index in [9.17, 15) is 0 Å². The second-order valence-corrected chi connectivity index (χ2v) is 16.9. The smallest absolute Gasteiger partial charge is 0.0625 e. The minimum Gasteiger partial charge on any atom is -0.310 e. The minimum absolute atomic E-state index is 1.08. The van der Waals surface area contributed by atoms with Gasteiger partial charge in [-0.1, -0.05) is 206 Å². The molecule has 0 spiro atoms. The fourth-order valence-electron chi connectivity index (χ4n) is 9.75. The predicted octanol–water partition coefficient (Wildman–Crippen LogP) is 17.7. The van der Waals surface area contributed by atoms with E-state index in [2.05, 4.69) is 276 Å². The molecule has 0 atom stereocenters. The maximum atomic E-state index is 2.44. The zero-order valence-electron chi connectivity index (χ0n) is 36.3. The Morgan fingerprint density at radius 2 is 0.758 bits per heavy atom. The third-order valence-corrected chi connectivity index (χ3v) is 13.0. The topological polar surface area (TPSA) is 8.17 Å². The molecule has 1 heterocycles. The molecule has 0 N–H and O–H groups in total. The molecule has 12 rings (SSSR count). The van der Waals surface area contributed by atoms with Crippen molar-refractivity contribution in [3.63, 3.8) is 0 Å². The maximum absolute atomic E-state index is 2.44. The summed E-state index contributed by atoms with van der Waals surface area (Å²) in [5.74, 6) is 0. The summed E-state index contributed by atoms with van der Waals surface area (Å²) in [6.45, 7) is 0. The summed E-state index contributed by atoms with van der Waals surface area (Å²) < 4.78 is 2.44. The van der Waals surface area contributed by atoms with E-state index in [-0.39, 0.29) is 0 Å². The van der Waals surface area contributed by atoms with E-state index in [1.165, 1.54) is 82.6 Å². The summed E-state index contributed by atoms with van der Waals surface area (Å²) in [5, 5.41) is 4.95. The lowest BCUT2D eigenvalue weighted by Gasteiger charge is -2.26. The van der Waals surface area contributed by atoms with E-state index >= 15 is 0 Å². The number of aromatic nitrogens is 1. The zero-order chi connectivity index (χ0) is 43.8. The molecule has 0 aliphatic carbocycles. The van der Waals surface area contributed by atoms with Crippen LogP contribution in [0.4, 0.5) is 17.1 Å². The molecular weight excluding hydrogens is 797 g/mol. The molecule has 12 aromatic rings. The lowest BCUT2D eigenvalue weighted by Crippen LogP contribution is -2.10. The van der Waals surface area contributed by atoms with Gasteiger partial charge in [0.1, 0.15) is 0 Å². The largest absolute Gasteiger partial charge is 0.310 e. The molecule has 2 heteroatoms. The molecule has 66 heavy (non-hydrogen) atoms. The standard InChI is InChI=1S/C64H44N2/c1-4-15-45(16-5-1)47-27-29-48(30-28-47)49-33-37-56(38-34-49)65(57-39-35-50(36-40-57)53-32-31-46-17-10-11-20-52(46)43-53)58-24-14-21-54(44-58)59-41-42-60(51-18-6-2-7-19-51)64-63(59)61-25-12-13-26-62(61)66(64)55-22-8-3-9-23-55/h1-44H. The zero-order valence-corrected chi connectivity index (χ0v) is 36.3. The van der Waals surface area contributed by atoms with Gasteiger partial charge < -0.3 is 9.47 Å². The van der Waals surface area contributed by atoms with Crippen molar-refractivity contribution in [1.29, 1.82) is 0 Å². The Kier molecular flexibility index (Phi) is 9.89. The predicted molar refractivity (Wildman–Crippen MR) is 280 cm³/mol. The number of nitrogens with zero attached hydrogens (tertiary/aromatic N) is 2. The number of hydrogen-bond acceptors (Lipinski definition) is 1. The second kappa shape index (κ2) is 16.8. The highest BCUT2D eigenvalue weighted by Crippen LogP contribution is 2.45. The Hall–Kier alpha value is -8.72. The monoisotopic (exact) mass is 840 g/mol. The Balaban J connectivity index is 0.996. The highest BCUT2D eigenvalue weighted by Gasteiger charge is 2.21. The molecule has 310 valence electrons. The Morgan fingerprint density at radius 3 is 1.42 bits per heavy atom. The van der Waals surface area contributed by atoms with Crippen molar-refractivity contribution in [3.05, 3.63) is 267 Å². The van der Waals surface area contributed by atoms with Crippen LogP contribution in [0.3, 0.4) is 0 Å². The van der Waals surface area contributed by atoms with Crippen LogP contribution in [0.1, 0.15) is 0 Å². The van der Waals surface area contributed by atoms with Gasteiger partial charge in [0.15, 0.2) is 0 Å². The summed E-state index contributed by atoms with van der Waals surface area (Å²) in [5.41, 5.74) is 18.7. The van der Waals surface area contributed by atoms with E-state index < -0.39 is 0 Å². The van der Waals surface area contributed by atoms with Crippen LogP contribution in [0.15, 0.2) is 267 Å². The van der Waals surface area contributed by atoms with Crippen LogP contribution in [0.2, 0.25) is 0 Å². The highest BCUT2D eigenvalue weighted by atomic mass is 15.1. The van der Waals surface area contributed by atoms with Crippen LogP contribution < -0.4 is 4.90 Å². The number of fused-ring (bicyclic) bond motifs is 4. The summed E-state index contributed by atoms with van der Waals surface area (Å²) in [4.78, 5) is 2.39. The molecule has 0 saturated heterocycles. The van der Waals surface area contributed by atoms with Gasteiger partial charge in [-0.3, -0.25) is 0 Å². The summed E-state index contributed by atoms with van der Waals surface area (Å²) >= 11 is 0. The molecule has 11 aromatic carbocycles. The van der Waals surface area contributed by atoms with Gasteiger partial charge in [0.25, 0.3) is 0 Å². The van der Waals surface area contributed by atoms with Crippen LogP contribution in [-0.2, 0) is 0 Å². The first-order valence-electron chi connectivity index (χ1n) is 22.7. The fourth-order valence-corrected chi connectivity index (χ4v) is 9.75. The van der Waals surface area contributed by atoms with Gasteiger partial charge in [0, 0.05) is 39.1 Å². The van der Waals surface area contributed by atoms with Crippen molar-refractivity contribution in [1.82, 2.24) is 4.57 Å². The number of para-hydroxylation sites is 2. The number of benzene rings is 11. The van der Waals surface area contributed by atoms with Gasteiger partial charge >= 0.3 is 0 Å². The quantitative estimate of drug-likeness (QED) is 0.141. The lowest BCUT2D eigenvalue weighted by atomic mass is 9.94. The fraction of sp³-hybridized carbons (Fsp3) is 0. The van der Waals surface area contributed by atoms with E-state index in [0.717, 1.165) is 28.3 Å². The van der Waals surface area contributed by atoms with E-state index in [1.807, 2.05) is 0 Å². The average molecular weight is 841 g/mol. The first kappa shape index (κ1) is 38.9. The Morgan fingerprint density at radius 1 is 0.273 bits per heavy atom. The summed E-state index contributed by atoms with van der Waals surface area (Å²) in [6.07, 6.45) is 0. The van der Waals surface area contributed by atoms with E-state index in [0.29, 0.717) is 0 Å². The molecule has 0 aliphatic rings. The first-order chi connectivity index (χ1) is 32.7. The average Bonchev–Trinajstić information content (AvgIpc) is 3.75. The Labute approximate surface area is 385 Å². The summed E-state index contributed by atoms with van der Waals surface area (Å²) in [6, 6.07) is 96.9. The molecular formula is C64H44N2. The van der Waals surface area contributed by atoms with Gasteiger partial charge in [0.05, 0.1) is 11.0 Å². The van der Waals surface area contributed by atoms with Gasteiger partial charge in [-0.2, -0.15) is 0 Å². The van der Waals surface area contributed by atoms with Crippen LogP contribution in [0.25, 0.3) is 93.9 Å². The molecule has 0 saturated carbocycles. The van der Waals surface area contributed by atoms with Gasteiger partial charge in [0.2, 0.25) is 0 Å². The SMILES string of the molecule is c1ccc(-c2ccc(-c3ccc(N(c4ccc(-c5ccc6ccccc6c5)cc4)c4cccc(-c5ccc(-c6ccccc6)c6c5c5ccccc5n6-c5ccccc5)c4)cc3)cc2)cc1. The van der Waals surface area contributed by atoms with Crippen molar-refractivity contribution >= 4 is 49.6 Å². The molecule has 0 aliphatic heterocycles. The normalized spacial score (nSPS) is 11.3. The number of anilines is 3. The van der Waals surface area contributed by atoms with Gasteiger partial charge in [-0.05, 0) is 122 Å². The first-order valence-corrected chi connectivity index (χ1v) is 22.7. The van der Waals surface area contributed by atoms with Crippen molar-refractivity contribution in [3.8, 4) is 61.3 Å². The van der Waals surface area contributed by atoms with Crippen molar-refractivity contribution in [2.45, 2.75) is 0 Å². The molecule has 0 amide bonds. The molecule has 1 aromatic heterocycles. The molecule has 0 bridgehead atoms. The van der Waals surface area contributed by atoms with Crippen LogP contribution in [-0.4, -0.2) is 4.57 Å². The number of rotatable bonds is 9. The van der Waals surface area contributed by atoms with E-state index in [1.54, 1.807) is 0 Å². The second-order valence-electron chi connectivity index (χ2n) is 16.9. The van der Waals surface area contributed by atoms with Crippen molar-refractivity contribution in [2.75, 3.05) is 4.90 Å². The molecule has 2 nitrogen and oxygen atoms in total. The third kappa shape index (κ3) is 7.12. The van der Waals surface area contributed by atoms with Crippen molar-refractivity contribution < 1.29 is 0 Å². The maximum Gasteiger partial charge on any atom is 0.0625 e. The lowest BCUT2D eigenvalue weighted by molar-refractivity contribution is 1.18. The highest BCUT2D eigenvalue weighted by molar-refractivity contribution is 6.19. The molecule has 0 radical (unpaired) electrons. The van der Waals surface area contributed by atoms with Crippen LogP contribution in [0, 0.1) is 0 Å². The molecule has 0 unspecified atom stereocenters. The summed E-state index contributed by atoms with van der Waals surface area (Å²) in [7, 11) is 0. The van der Waals surface area contributed by atoms with Crippen LogP contribution in [0.5, 0.6) is 0 Å². The van der Waals surface area contributed by atoms with Crippen molar-refractivity contribution in [2.24, 2.45) is 0 Å². The number of hydrogen-bond donors (Lipinski definition) is 0. The molecule has 0 fully saturated rings. The van der Waals surface area contributed by atoms with E-state index in [4.69, 9.17) is 0 Å². The van der Waals surface area contributed by atoms with Crippen LogP contribution >= 0.6 is 0 Å². The van der Waals surface area contributed by atoms with Gasteiger partial charge in [-0.25, -0.2) is 0 Å².